The molecule has 1 unspecified atom stereocenters. The van der Waals surface area contributed by atoms with E-state index in [0.29, 0.717) is 29.3 Å². The van der Waals surface area contributed by atoms with Crippen LogP contribution in [-0.2, 0) is 6.42 Å². The molecule has 1 N–H and O–H groups in total. The third-order valence-electron chi connectivity index (χ3n) is 6.97. The lowest BCUT2D eigenvalue weighted by Gasteiger charge is -2.37. The number of rotatable bonds is 4. The number of halogens is 1. The van der Waals surface area contributed by atoms with Crippen LogP contribution in [0.3, 0.4) is 0 Å². The molecule has 5 rings (SSSR count). The molecule has 0 radical (unpaired) electrons. The van der Waals surface area contributed by atoms with Crippen LogP contribution in [0.5, 0.6) is 0 Å². The minimum absolute atomic E-state index is 0.0740. The lowest BCUT2D eigenvalue weighted by Crippen LogP contribution is -2.47. The van der Waals surface area contributed by atoms with Gasteiger partial charge in [0.15, 0.2) is 0 Å². The Hall–Kier alpha value is -2.73. The van der Waals surface area contributed by atoms with Crippen molar-refractivity contribution in [2.45, 2.75) is 44.2 Å². The molecule has 1 saturated heterocycles. The number of carbonyl (C=O) groups is 2. The first kappa shape index (κ1) is 19.2. The Labute approximate surface area is 175 Å². The van der Waals surface area contributed by atoms with Crippen LogP contribution in [0.2, 0.25) is 0 Å². The number of carboxylic acid groups (broad SMARTS) is 1. The van der Waals surface area contributed by atoms with Crippen LogP contribution >= 0.6 is 0 Å². The Morgan fingerprint density at radius 3 is 2.50 bits per heavy atom. The zero-order valence-corrected chi connectivity index (χ0v) is 16.8. The predicted molar refractivity (Wildman–Crippen MR) is 111 cm³/mol. The molecule has 1 aliphatic carbocycles. The summed E-state index contributed by atoms with van der Waals surface area (Å²) in [4.78, 5) is 28.8. The summed E-state index contributed by atoms with van der Waals surface area (Å²) in [6.07, 6.45) is 5.69. The van der Waals surface area contributed by atoms with Gasteiger partial charge in [-0.1, -0.05) is 24.6 Å². The van der Waals surface area contributed by atoms with Crippen LogP contribution in [0.1, 0.15) is 52.0 Å². The molecule has 0 aromatic heterocycles. The highest BCUT2D eigenvalue weighted by atomic mass is 19.1. The summed E-state index contributed by atoms with van der Waals surface area (Å²) in [6.45, 7) is 2.75. The van der Waals surface area contributed by atoms with E-state index < -0.39 is 11.8 Å². The fourth-order valence-electron chi connectivity index (χ4n) is 5.01. The van der Waals surface area contributed by atoms with Crippen molar-refractivity contribution in [1.82, 2.24) is 9.80 Å². The standard InChI is InChI=1S/C24H25FN2O3/c25-22-13-17(24(29)30)5-6-20(22)15-4-7-21-16(12-15)8-11-27(23(21)28)19-9-10-26(14-19)18-2-1-3-18/h4-7,12-13,18-19H,1-3,8-11,14H2,(H,29,30). The average molecular weight is 408 g/mol. The maximum absolute atomic E-state index is 14.5. The van der Waals surface area contributed by atoms with Crippen molar-refractivity contribution in [1.29, 1.82) is 0 Å². The van der Waals surface area contributed by atoms with Gasteiger partial charge in [0, 0.05) is 42.8 Å². The molecule has 3 aliphatic rings. The number of amides is 1. The maximum atomic E-state index is 14.5. The first-order valence-corrected chi connectivity index (χ1v) is 10.7. The summed E-state index contributed by atoms with van der Waals surface area (Å²) in [6, 6.07) is 10.4. The molecule has 30 heavy (non-hydrogen) atoms. The van der Waals surface area contributed by atoms with E-state index in [1.165, 1.54) is 31.4 Å². The largest absolute Gasteiger partial charge is 0.478 e. The van der Waals surface area contributed by atoms with Gasteiger partial charge in [0.25, 0.3) is 5.91 Å². The smallest absolute Gasteiger partial charge is 0.335 e. The Balaban J connectivity index is 1.35. The van der Waals surface area contributed by atoms with Gasteiger partial charge < -0.3 is 10.0 Å². The Kier molecular flexibility index (Phi) is 4.82. The molecule has 2 aliphatic heterocycles. The zero-order valence-electron chi connectivity index (χ0n) is 16.8. The number of hydrogen-bond acceptors (Lipinski definition) is 3. The Morgan fingerprint density at radius 1 is 1.00 bits per heavy atom. The minimum atomic E-state index is -1.15. The number of fused-ring (bicyclic) bond motifs is 1. The summed E-state index contributed by atoms with van der Waals surface area (Å²) >= 11 is 0. The molecular formula is C24H25FN2O3. The third-order valence-corrected chi connectivity index (χ3v) is 6.97. The number of aromatic carboxylic acids is 1. The van der Waals surface area contributed by atoms with E-state index in [0.717, 1.165) is 37.6 Å². The van der Waals surface area contributed by atoms with Crippen molar-refractivity contribution in [2.24, 2.45) is 0 Å². The quantitative estimate of drug-likeness (QED) is 0.836. The molecule has 0 spiro atoms. The van der Waals surface area contributed by atoms with E-state index in [4.69, 9.17) is 5.11 Å². The van der Waals surface area contributed by atoms with Gasteiger partial charge in [0.1, 0.15) is 5.82 Å². The van der Waals surface area contributed by atoms with Gasteiger partial charge in [-0.25, -0.2) is 9.18 Å². The van der Waals surface area contributed by atoms with Crippen molar-refractivity contribution in [3.63, 3.8) is 0 Å². The number of hydrogen-bond donors (Lipinski definition) is 1. The van der Waals surface area contributed by atoms with E-state index in [-0.39, 0.29) is 17.5 Å². The first-order chi connectivity index (χ1) is 14.5. The molecule has 156 valence electrons. The normalized spacial score (nSPS) is 22.1. The van der Waals surface area contributed by atoms with E-state index in [9.17, 15) is 14.0 Å². The van der Waals surface area contributed by atoms with Crippen molar-refractivity contribution < 1.29 is 19.1 Å². The van der Waals surface area contributed by atoms with Crippen LogP contribution in [0.25, 0.3) is 11.1 Å². The summed E-state index contributed by atoms with van der Waals surface area (Å²) in [5.41, 5.74) is 2.58. The van der Waals surface area contributed by atoms with Gasteiger partial charge in [-0.2, -0.15) is 0 Å². The molecule has 1 amide bonds. The fourth-order valence-corrected chi connectivity index (χ4v) is 5.01. The van der Waals surface area contributed by atoms with Gasteiger partial charge in [-0.15, -0.1) is 0 Å². The third kappa shape index (κ3) is 3.29. The van der Waals surface area contributed by atoms with Gasteiger partial charge in [0.2, 0.25) is 0 Å². The van der Waals surface area contributed by atoms with E-state index in [2.05, 4.69) is 4.90 Å². The highest BCUT2D eigenvalue weighted by molar-refractivity contribution is 5.97. The lowest BCUT2D eigenvalue weighted by molar-refractivity contribution is 0.0645. The van der Waals surface area contributed by atoms with E-state index in [1.54, 1.807) is 12.1 Å². The highest BCUT2D eigenvalue weighted by Gasteiger charge is 2.37. The van der Waals surface area contributed by atoms with E-state index in [1.807, 2.05) is 11.0 Å². The Bertz CT molecular complexity index is 1020. The van der Waals surface area contributed by atoms with Gasteiger partial charge in [-0.05, 0) is 55.0 Å². The summed E-state index contributed by atoms with van der Waals surface area (Å²) in [7, 11) is 0. The first-order valence-electron chi connectivity index (χ1n) is 10.7. The van der Waals surface area contributed by atoms with Crippen LogP contribution in [0.4, 0.5) is 4.39 Å². The molecule has 2 aromatic rings. The molecule has 2 heterocycles. The monoisotopic (exact) mass is 408 g/mol. The molecule has 1 atom stereocenters. The van der Waals surface area contributed by atoms with Gasteiger partial charge >= 0.3 is 5.97 Å². The predicted octanol–water partition coefficient (Wildman–Crippen LogP) is 3.82. The molecule has 2 aromatic carbocycles. The molecule has 0 bridgehead atoms. The highest BCUT2D eigenvalue weighted by Crippen LogP contribution is 2.33. The van der Waals surface area contributed by atoms with Crippen LogP contribution in [0.15, 0.2) is 36.4 Å². The van der Waals surface area contributed by atoms with Gasteiger partial charge in [-0.3, -0.25) is 9.69 Å². The molecular weight excluding hydrogens is 383 g/mol. The topological polar surface area (TPSA) is 60.9 Å². The Morgan fingerprint density at radius 2 is 1.80 bits per heavy atom. The lowest BCUT2D eigenvalue weighted by atomic mass is 9.91. The van der Waals surface area contributed by atoms with Crippen molar-refractivity contribution in [3.05, 3.63) is 58.9 Å². The van der Waals surface area contributed by atoms with Crippen molar-refractivity contribution >= 4 is 11.9 Å². The maximum Gasteiger partial charge on any atom is 0.335 e. The second-order valence-corrected chi connectivity index (χ2v) is 8.64. The second kappa shape index (κ2) is 7.51. The number of likely N-dealkylation sites (tertiary alicyclic amines) is 1. The average Bonchev–Trinajstić information content (AvgIpc) is 3.15. The van der Waals surface area contributed by atoms with Crippen LogP contribution in [-0.4, -0.2) is 58.5 Å². The summed E-state index contributed by atoms with van der Waals surface area (Å²) in [5, 5.41) is 9.02. The number of nitrogens with zero attached hydrogens (tertiary/aromatic N) is 2. The molecule has 1 saturated carbocycles. The van der Waals surface area contributed by atoms with Crippen molar-refractivity contribution in [3.8, 4) is 11.1 Å². The van der Waals surface area contributed by atoms with E-state index >= 15 is 0 Å². The number of carbonyl (C=O) groups excluding carboxylic acids is 1. The molecule has 6 heteroatoms. The molecule has 2 fully saturated rings. The number of benzene rings is 2. The zero-order chi connectivity index (χ0) is 20.8. The summed E-state index contributed by atoms with van der Waals surface area (Å²) < 4.78 is 14.5. The second-order valence-electron chi connectivity index (χ2n) is 8.64. The van der Waals surface area contributed by atoms with Crippen LogP contribution < -0.4 is 0 Å². The number of carboxylic acids is 1. The van der Waals surface area contributed by atoms with Crippen molar-refractivity contribution in [2.75, 3.05) is 19.6 Å². The van der Waals surface area contributed by atoms with Crippen LogP contribution in [0, 0.1) is 5.82 Å². The fraction of sp³-hybridized carbons (Fsp3) is 0.417. The SMILES string of the molecule is O=C(O)c1ccc(-c2ccc3c(c2)CCN(C2CCN(C4CCC4)C2)C3=O)c(F)c1. The van der Waals surface area contributed by atoms with Gasteiger partial charge in [0.05, 0.1) is 5.56 Å². The molecule has 5 nitrogen and oxygen atoms in total. The summed E-state index contributed by atoms with van der Waals surface area (Å²) in [5.74, 6) is -1.65. The minimum Gasteiger partial charge on any atom is -0.478 e.